The number of methoxy groups -OCH3 is 1. The highest BCUT2D eigenvalue weighted by molar-refractivity contribution is 6.31. The van der Waals surface area contributed by atoms with Crippen LogP contribution >= 0.6 is 11.6 Å². The van der Waals surface area contributed by atoms with E-state index in [2.05, 4.69) is 35.8 Å². The monoisotopic (exact) mass is 607 g/mol. The number of nitrogens with one attached hydrogen (secondary N) is 1. The molecule has 1 amide bonds. The van der Waals surface area contributed by atoms with E-state index >= 15 is 0 Å². The van der Waals surface area contributed by atoms with Crippen LogP contribution in [0, 0.1) is 15.9 Å². The third kappa shape index (κ3) is 5.94. The Morgan fingerprint density at radius 2 is 2.02 bits per heavy atom. The molecular weight excluding hydrogens is 589 g/mol. The number of nitro benzene ring substituents is 1. The molecule has 0 fully saturated rings. The number of hydrazone groups is 1. The summed E-state index contributed by atoms with van der Waals surface area (Å²) in [5.41, 5.74) is 8.35. The van der Waals surface area contributed by atoms with Crippen LogP contribution in [0.4, 0.5) is 15.9 Å². The second-order valence-electron chi connectivity index (χ2n) is 8.55. The summed E-state index contributed by atoms with van der Waals surface area (Å²) in [5, 5.41) is 30.6. The van der Waals surface area contributed by atoms with Crippen molar-refractivity contribution in [3.63, 3.8) is 0 Å². The molecule has 0 aliphatic heterocycles. The van der Waals surface area contributed by atoms with E-state index in [0.717, 1.165) is 4.68 Å². The average molecular weight is 608 g/mol. The van der Waals surface area contributed by atoms with Crippen molar-refractivity contribution in [3.8, 4) is 28.6 Å². The number of aromatic nitrogens is 5. The first kappa shape index (κ1) is 28.6. The third-order valence-electron chi connectivity index (χ3n) is 5.93. The summed E-state index contributed by atoms with van der Waals surface area (Å²) in [5.74, 6) is -1.10. The fraction of sp³-hybridized carbons (Fsp3) is 0.0769. The largest absolute Gasteiger partial charge is 0.493 e. The quantitative estimate of drug-likeness (QED) is 0.132. The van der Waals surface area contributed by atoms with E-state index < -0.39 is 16.6 Å². The molecule has 0 radical (unpaired) electrons. The molecule has 3 N–H and O–H groups in total. The average Bonchev–Trinajstić information content (AvgIpc) is 3.63. The van der Waals surface area contributed by atoms with Gasteiger partial charge in [-0.25, -0.2) is 14.4 Å². The molecule has 0 atom stereocenters. The summed E-state index contributed by atoms with van der Waals surface area (Å²) in [7, 11) is 1.43. The van der Waals surface area contributed by atoms with Crippen molar-refractivity contribution >= 4 is 35.2 Å². The van der Waals surface area contributed by atoms with Gasteiger partial charge in [-0.15, -0.1) is 5.10 Å². The van der Waals surface area contributed by atoms with Crippen molar-refractivity contribution in [2.75, 3.05) is 12.8 Å². The predicted octanol–water partition coefficient (Wildman–Crippen LogP) is 3.95. The van der Waals surface area contributed by atoms with E-state index in [4.69, 9.17) is 26.8 Å². The summed E-state index contributed by atoms with van der Waals surface area (Å²) in [4.78, 5) is 24.0. The SMILES string of the molecule is COc1cccc(C=NNC(=O)c2nnn(-c3nonc3N)c2-c2cccc([N+](=O)[O-])c2)c1OCc1c(F)cccc1Cl. The molecule has 0 bridgehead atoms. The fourth-order valence-electron chi connectivity index (χ4n) is 3.92. The van der Waals surface area contributed by atoms with Crippen molar-refractivity contribution in [2.45, 2.75) is 6.61 Å². The maximum Gasteiger partial charge on any atom is 0.294 e. The van der Waals surface area contributed by atoms with Gasteiger partial charge in [-0.1, -0.05) is 41.1 Å². The van der Waals surface area contributed by atoms with Crippen LogP contribution in [0.5, 0.6) is 11.5 Å². The third-order valence-corrected chi connectivity index (χ3v) is 6.29. The number of benzene rings is 3. The van der Waals surface area contributed by atoms with Crippen LogP contribution < -0.4 is 20.6 Å². The Morgan fingerprint density at radius 3 is 2.74 bits per heavy atom. The molecule has 218 valence electrons. The van der Waals surface area contributed by atoms with Gasteiger partial charge < -0.3 is 15.2 Å². The van der Waals surface area contributed by atoms with E-state index in [0.29, 0.717) is 11.3 Å². The van der Waals surface area contributed by atoms with Gasteiger partial charge in [0.2, 0.25) is 11.6 Å². The molecular formula is C26H19ClFN9O6. The first-order chi connectivity index (χ1) is 20.8. The molecule has 5 rings (SSSR count). The molecule has 5 aromatic rings. The number of nitrogens with zero attached hydrogens (tertiary/aromatic N) is 7. The normalized spacial score (nSPS) is 11.0. The molecule has 2 heterocycles. The zero-order valence-electron chi connectivity index (χ0n) is 22.0. The zero-order chi connectivity index (χ0) is 30.5. The second-order valence-corrected chi connectivity index (χ2v) is 8.95. The maximum atomic E-state index is 14.3. The lowest BCUT2D eigenvalue weighted by Gasteiger charge is -2.14. The van der Waals surface area contributed by atoms with Gasteiger partial charge in [0.1, 0.15) is 18.1 Å². The number of anilines is 1. The first-order valence-electron chi connectivity index (χ1n) is 12.1. The number of nitro groups is 1. The zero-order valence-corrected chi connectivity index (χ0v) is 22.7. The van der Waals surface area contributed by atoms with Crippen molar-refractivity contribution < 1.29 is 28.2 Å². The van der Waals surface area contributed by atoms with Crippen molar-refractivity contribution in [2.24, 2.45) is 5.10 Å². The van der Waals surface area contributed by atoms with Crippen LogP contribution in [0.25, 0.3) is 17.1 Å². The number of non-ortho nitro benzene ring substituents is 1. The standard InChI is InChI=1S/C26H19ClFN9O6/c1-41-20-10-3-6-15(23(20)42-13-17-18(27)8-4-9-19(17)28)12-30-32-26(38)21-22(14-5-2-7-16(11-14)37(39)40)36(35-31-21)25-24(29)33-43-34-25/h2-12H,13H2,1H3,(H2,29,33)(H,32,38). The number of rotatable bonds is 10. The Bertz CT molecular complexity index is 1840. The van der Waals surface area contributed by atoms with Gasteiger partial charge in [0, 0.05) is 28.8 Å². The number of hydrogen-bond donors (Lipinski definition) is 2. The number of amides is 1. The molecule has 3 aromatic carbocycles. The minimum absolute atomic E-state index is 0.00553. The van der Waals surface area contributed by atoms with Gasteiger partial charge >= 0.3 is 0 Å². The summed E-state index contributed by atoms with van der Waals surface area (Å²) in [6, 6.07) is 14.6. The minimum Gasteiger partial charge on any atom is -0.493 e. The molecule has 15 nitrogen and oxygen atoms in total. The predicted molar refractivity (Wildman–Crippen MR) is 150 cm³/mol. The molecule has 43 heavy (non-hydrogen) atoms. The lowest BCUT2D eigenvalue weighted by Crippen LogP contribution is -2.19. The van der Waals surface area contributed by atoms with Crippen LogP contribution in [0.1, 0.15) is 21.6 Å². The highest BCUT2D eigenvalue weighted by atomic mass is 35.5. The lowest BCUT2D eigenvalue weighted by molar-refractivity contribution is -0.384. The highest BCUT2D eigenvalue weighted by Crippen LogP contribution is 2.32. The molecule has 0 aliphatic carbocycles. The van der Waals surface area contributed by atoms with Crippen molar-refractivity contribution in [3.05, 3.63) is 98.4 Å². The molecule has 0 aliphatic rings. The highest BCUT2D eigenvalue weighted by Gasteiger charge is 2.26. The van der Waals surface area contributed by atoms with Gasteiger partial charge in [-0.3, -0.25) is 14.9 Å². The van der Waals surface area contributed by atoms with Crippen LogP contribution in [-0.2, 0) is 6.61 Å². The van der Waals surface area contributed by atoms with Gasteiger partial charge in [-0.2, -0.15) is 9.78 Å². The minimum atomic E-state index is -0.831. The number of para-hydroxylation sites is 1. The number of carbonyl (C=O) groups excluding carboxylic acids is 1. The molecule has 0 saturated carbocycles. The summed E-state index contributed by atoms with van der Waals surface area (Å²) in [6.07, 6.45) is 1.27. The molecule has 0 spiro atoms. The maximum absolute atomic E-state index is 14.3. The van der Waals surface area contributed by atoms with Crippen LogP contribution in [0.15, 0.2) is 70.4 Å². The lowest BCUT2D eigenvalue weighted by atomic mass is 10.1. The summed E-state index contributed by atoms with van der Waals surface area (Å²) < 4.78 is 31.2. The Morgan fingerprint density at radius 1 is 1.23 bits per heavy atom. The second kappa shape index (κ2) is 12.3. The van der Waals surface area contributed by atoms with E-state index in [-0.39, 0.29) is 57.2 Å². The first-order valence-corrected chi connectivity index (χ1v) is 12.5. The number of ether oxygens (including phenoxy) is 2. The number of hydrogen-bond acceptors (Lipinski definition) is 12. The Balaban J connectivity index is 1.44. The van der Waals surface area contributed by atoms with E-state index in [1.54, 1.807) is 18.2 Å². The van der Waals surface area contributed by atoms with E-state index in [1.165, 1.54) is 55.8 Å². The van der Waals surface area contributed by atoms with Gasteiger partial charge in [-0.05, 0) is 34.6 Å². The van der Waals surface area contributed by atoms with Crippen LogP contribution in [0.3, 0.4) is 0 Å². The molecule has 0 saturated heterocycles. The van der Waals surface area contributed by atoms with Crippen LogP contribution in [0.2, 0.25) is 5.02 Å². The van der Waals surface area contributed by atoms with Crippen molar-refractivity contribution in [1.82, 2.24) is 30.7 Å². The smallest absolute Gasteiger partial charge is 0.294 e. The van der Waals surface area contributed by atoms with Gasteiger partial charge in [0.15, 0.2) is 17.2 Å². The number of halogens is 2. The molecule has 17 heteroatoms. The van der Waals surface area contributed by atoms with Gasteiger partial charge in [0.05, 0.1) is 23.3 Å². The van der Waals surface area contributed by atoms with Gasteiger partial charge in [0.25, 0.3) is 11.6 Å². The number of carbonyl (C=O) groups is 1. The Hall–Kier alpha value is -5.90. The number of nitrogen functional groups attached to an aromatic ring is 1. The van der Waals surface area contributed by atoms with Crippen LogP contribution in [-0.4, -0.2) is 49.5 Å². The summed E-state index contributed by atoms with van der Waals surface area (Å²) in [6.45, 7) is -0.214. The van der Waals surface area contributed by atoms with E-state index in [1.807, 2.05) is 0 Å². The number of nitrogens with two attached hydrogens (primary N) is 1. The summed E-state index contributed by atoms with van der Waals surface area (Å²) >= 11 is 6.12. The topological polar surface area (TPSA) is 199 Å². The van der Waals surface area contributed by atoms with E-state index in [9.17, 15) is 19.3 Å². The van der Waals surface area contributed by atoms with Crippen molar-refractivity contribution in [1.29, 1.82) is 0 Å². The fourth-order valence-corrected chi connectivity index (χ4v) is 4.14. The Kier molecular flexibility index (Phi) is 8.20. The Labute approximate surface area is 245 Å². The molecule has 0 unspecified atom stereocenters. The molecule has 2 aromatic heterocycles.